The van der Waals surface area contributed by atoms with Crippen LogP contribution in [0.3, 0.4) is 0 Å². The second kappa shape index (κ2) is 8.75. The number of hydrogen-bond acceptors (Lipinski definition) is 6. The molecule has 2 aromatic rings. The maximum Gasteiger partial charge on any atom is 0.315 e. The Balaban J connectivity index is 2.50. The molecule has 166 valence electrons. The summed E-state index contributed by atoms with van der Waals surface area (Å²) in [4.78, 5) is 26.5. The fourth-order valence-electron chi connectivity index (χ4n) is 4.30. The number of hydrogen-bond donors (Lipinski definition) is 1. The first-order valence-corrected chi connectivity index (χ1v) is 9.86. The van der Waals surface area contributed by atoms with Gasteiger partial charge >= 0.3 is 6.03 Å². The molecule has 2 N–H and O–H groups in total. The van der Waals surface area contributed by atoms with E-state index in [1.54, 1.807) is 28.4 Å². The van der Waals surface area contributed by atoms with E-state index in [2.05, 4.69) is 0 Å². The normalized spacial score (nSPS) is 14.6. The number of nitrogens with two attached hydrogens (primary N) is 1. The van der Waals surface area contributed by atoms with Crippen molar-refractivity contribution >= 4 is 6.03 Å². The Hall–Kier alpha value is -3.42. The van der Waals surface area contributed by atoms with Gasteiger partial charge in [-0.2, -0.15) is 0 Å². The molecule has 0 saturated heterocycles. The molecule has 0 spiro atoms. The standard InChI is InChI=1S/C23H28N2O6/c1-12-9-15-14(11-17(26)20(12)29-4)16(25(2)23(24)27)8-7-13-10-18(28-3)21(30-5)22(31-6)19(13)15/h9-11,16H,7-8H2,1-6H3,(H2,24,27)/t16-/m0/s1. The molecule has 8 heteroatoms. The van der Waals surface area contributed by atoms with Crippen LogP contribution < -0.4 is 30.1 Å². The van der Waals surface area contributed by atoms with Crippen LogP contribution in [-0.2, 0) is 6.42 Å². The number of fused-ring (bicyclic) bond motifs is 3. The second-order valence-corrected chi connectivity index (χ2v) is 7.42. The van der Waals surface area contributed by atoms with Crippen molar-refractivity contribution in [2.24, 2.45) is 5.73 Å². The van der Waals surface area contributed by atoms with Crippen LogP contribution in [0.5, 0.6) is 23.0 Å². The molecular formula is C23H28N2O6. The summed E-state index contributed by atoms with van der Waals surface area (Å²) in [6.07, 6.45) is 1.17. The van der Waals surface area contributed by atoms with E-state index in [4.69, 9.17) is 24.7 Å². The van der Waals surface area contributed by atoms with Crippen molar-refractivity contribution in [3.8, 4) is 34.1 Å². The number of nitrogens with zero attached hydrogens (tertiary/aromatic N) is 1. The number of rotatable bonds is 5. The van der Waals surface area contributed by atoms with E-state index in [1.165, 1.54) is 18.1 Å². The molecule has 0 aromatic heterocycles. The minimum atomic E-state index is -0.577. The Morgan fingerprint density at radius 1 is 1.00 bits per heavy atom. The lowest BCUT2D eigenvalue weighted by atomic mass is 9.94. The van der Waals surface area contributed by atoms with Crippen molar-refractivity contribution < 1.29 is 23.7 Å². The molecule has 8 nitrogen and oxygen atoms in total. The lowest BCUT2D eigenvalue weighted by molar-refractivity contribution is 0.197. The third-order valence-corrected chi connectivity index (χ3v) is 5.79. The number of carbonyl (C=O) groups excluding carboxylic acids is 1. The first-order valence-electron chi connectivity index (χ1n) is 9.86. The first kappa shape index (κ1) is 22.3. The number of aryl methyl sites for hydroxylation is 2. The van der Waals surface area contributed by atoms with Gasteiger partial charge in [-0.25, -0.2) is 4.79 Å². The lowest BCUT2D eigenvalue weighted by Gasteiger charge is -2.26. The van der Waals surface area contributed by atoms with Gasteiger partial charge < -0.3 is 29.6 Å². The maximum atomic E-state index is 12.9. The summed E-state index contributed by atoms with van der Waals surface area (Å²) < 4.78 is 22.3. The highest BCUT2D eigenvalue weighted by atomic mass is 16.5. The van der Waals surface area contributed by atoms with E-state index >= 15 is 0 Å². The molecule has 0 radical (unpaired) electrons. The smallest absolute Gasteiger partial charge is 0.315 e. The van der Waals surface area contributed by atoms with Crippen LogP contribution in [0.15, 0.2) is 23.0 Å². The predicted octanol–water partition coefficient (Wildman–Crippen LogP) is 3.05. The lowest BCUT2D eigenvalue weighted by Crippen LogP contribution is -2.35. The van der Waals surface area contributed by atoms with Crippen LogP contribution >= 0.6 is 0 Å². The Bertz CT molecular complexity index is 1080. The van der Waals surface area contributed by atoms with E-state index in [0.29, 0.717) is 41.2 Å². The van der Waals surface area contributed by atoms with E-state index in [0.717, 1.165) is 16.7 Å². The molecule has 31 heavy (non-hydrogen) atoms. The summed E-state index contributed by atoms with van der Waals surface area (Å²) in [5.74, 6) is 1.74. The summed E-state index contributed by atoms with van der Waals surface area (Å²) >= 11 is 0. The zero-order chi connectivity index (χ0) is 22.9. The molecule has 1 aliphatic rings. The molecule has 0 bridgehead atoms. The van der Waals surface area contributed by atoms with Crippen LogP contribution in [0.1, 0.15) is 29.2 Å². The fourth-order valence-corrected chi connectivity index (χ4v) is 4.30. The largest absolute Gasteiger partial charge is 0.493 e. The summed E-state index contributed by atoms with van der Waals surface area (Å²) in [6.45, 7) is 1.81. The monoisotopic (exact) mass is 428 g/mol. The molecular weight excluding hydrogens is 400 g/mol. The van der Waals surface area contributed by atoms with Crippen LogP contribution in [0.2, 0.25) is 0 Å². The van der Waals surface area contributed by atoms with Crippen LogP contribution in [0, 0.1) is 6.92 Å². The average molecular weight is 428 g/mol. The molecule has 0 saturated carbocycles. The molecule has 3 rings (SSSR count). The van der Waals surface area contributed by atoms with Gasteiger partial charge in [0.05, 0.1) is 34.5 Å². The van der Waals surface area contributed by atoms with Gasteiger partial charge in [0.25, 0.3) is 0 Å². The van der Waals surface area contributed by atoms with Gasteiger partial charge in [0.1, 0.15) is 0 Å². The van der Waals surface area contributed by atoms with E-state index in [-0.39, 0.29) is 11.2 Å². The highest BCUT2D eigenvalue weighted by Gasteiger charge is 2.32. The van der Waals surface area contributed by atoms with E-state index in [9.17, 15) is 9.59 Å². The van der Waals surface area contributed by atoms with Gasteiger partial charge in [-0.15, -0.1) is 0 Å². The van der Waals surface area contributed by atoms with Crippen molar-refractivity contribution in [1.82, 2.24) is 4.90 Å². The summed E-state index contributed by atoms with van der Waals surface area (Å²) in [5, 5.41) is 0. The van der Waals surface area contributed by atoms with Gasteiger partial charge in [0.15, 0.2) is 17.2 Å². The molecule has 0 fully saturated rings. The van der Waals surface area contributed by atoms with Crippen LogP contribution in [0.25, 0.3) is 11.1 Å². The molecule has 0 heterocycles. The molecule has 0 aliphatic heterocycles. The summed E-state index contributed by atoms with van der Waals surface area (Å²) in [7, 11) is 7.77. The number of methoxy groups -OCH3 is 4. The molecule has 2 aromatic carbocycles. The van der Waals surface area contributed by atoms with Crippen LogP contribution in [0.4, 0.5) is 4.79 Å². The SMILES string of the molecule is COc1cc2c(c(OC)c1OC)-c1cc(C)c(OC)c(=O)cc1[C@@H](N(C)C(N)=O)CC2. The van der Waals surface area contributed by atoms with Crippen LogP contribution in [-0.4, -0.2) is 46.4 Å². The first-order chi connectivity index (χ1) is 14.8. The highest BCUT2D eigenvalue weighted by Crippen LogP contribution is 2.51. The van der Waals surface area contributed by atoms with Crippen molar-refractivity contribution in [2.45, 2.75) is 25.8 Å². The molecule has 2 amide bonds. The zero-order valence-electron chi connectivity index (χ0n) is 18.7. The number of ether oxygens (including phenoxy) is 4. The van der Waals surface area contributed by atoms with Gasteiger partial charge in [0.2, 0.25) is 11.2 Å². The quantitative estimate of drug-likeness (QED) is 0.786. The van der Waals surface area contributed by atoms with Crippen molar-refractivity contribution in [3.05, 3.63) is 45.1 Å². The minimum Gasteiger partial charge on any atom is -0.493 e. The molecule has 1 atom stereocenters. The van der Waals surface area contributed by atoms with Gasteiger partial charge in [-0.3, -0.25) is 4.79 Å². The number of urea groups is 1. The van der Waals surface area contributed by atoms with E-state index in [1.807, 2.05) is 19.1 Å². The third-order valence-electron chi connectivity index (χ3n) is 5.79. The van der Waals surface area contributed by atoms with Gasteiger partial charge in [-0.1, -0.05) is 0 Å². The minimum absolute atomic E-state index is 0.245. The number of primary amides is 1. The number of amides is 2. The van der Waals surface area contributed by atoms with Crippen molar-refractivity contribution in [3.63, 3.8) is 0 Å². The van der Waals surface area contributed by atoms with Crippen molar-refractivity contribution in [1.29, 1.82) is 0 Å². The molecule has 1 aliphatic carbocycles. The fraction of sp³-hybridized carbons (Fsp3) is 0.391. The average Bonchev–Trinajstić information content (AvgIpc) is 2.96. The van der Waals surface area contributed by atoms with Gasteiger partial charge in [-0.05, 0) is 60.2 Å². The highest BCUT2D eigenvalue weighted by molar-refractivity contribution is 5.83. The topological polar surface area (TPSA) is 100 Å². The van der Waals surface area contributed by atoms with Crippen molar-refractivity contribution in [2.75, 3.05) is 35.5 Å². The zero-order valence-corrected chi connectivity index (χ0v) is 18.7. The van der Waals surface area contributed by atoms with E-state index < -0.39 is 12.1 Å². The Morgan fingerprint density at radius 3 is 2.19 bits per heavy atom. The Kier molecular flexibility index (Phi) is 6.29. The van der Waals surface area contributed by atoms with Gasteiger partial charge in [0, 0.05) is 12.6 Å². The summed E-state index contributed by atoms with van der Waals surface area (Å²) in [5.41, 5.74) is 9.16. The molecule has 0 unspecified atom stereocenters. The third kappa shape index (κ3) is 3.73. The Labute approximate surface area is 181 Å². The Morgan fingerprint density at radius 2 is 1.65 bits per heavy atom. The number of benzene rings is 1. The number of carbonyl (C=O) groups is 1. The second-order valence-electron chi connectivity index (χ2n) is 7.42. The predicted molar refractivity (Wildman–Crippen MR) is 118 cm³/mol. The maximum absolute atomic E-state index is 12.9. The summed E-state index contributed by atoms with van der Waals surface area (Å²) in [6, 6.07) is 4.33.